The van der Waals surface area contributed by atoms with Gasteiger partial charge in [0.25, 0.3) is 11.5 Å². The number of nitrogens with one attached hydrogen (secondary N) is 1. The zero-order valence-corrected chi connectivity index (χ0v) is 13.4. The lowest BCUT2D eigenvalue weighted by molar-refractivity contribution is 0.0634. The molecule has 1 aromatic heterocycles. The van der Waals surface area contributed by atoms with Crippen LogP contribution in [0.25, 0.3) is 0 Å². The van der Waals surface area contributed by atoms with Crippen LogP contribution in [0.4, 0.5) is 0 Å². The van der Waals surface area contributed by atoms with Gasteiger partial charge in [-0.25, -0.2) is 4.68 Å². The largest absolute Gasteiger partial charge is 0.374 e. The molecule has 122 valence electrons. The summed E-state index contributed by atoms with van der Waals surface area (Å²) >= 11 is 0. The van der Waals surface area contributed by atoms with Crippen LogP contribution < -0.4 is 10.9 Å². The van der Waals surface area contributed by atoms with E-state index in [1.165, 1.54) is 19.2 Å². The zero-order chi connectivity index (χ0) is 16.7. The highest BCUT2D eigenvalue weighted by atomic mass is 16.5. The van der Waals surface area contributed by atoms with E-state index in [4.69, 9.17) is 4.74 Å². The SMILES string of the molecule is CC(OCCCNC(=O)c1ccc(=O)n(C)n1)c1ccccc1. The van der Waals surface area contributed by atoms with Crippen molar-refractivity contribution in [1.82, 2.24) is 15.1 Å². The van der Waals surface area contributed by atoms with Crippen LogP contribution in [0.15, 0.2) is 47.3 Å². The first-order chi connectivity index (χ1) is 11.1. The minimum Gasteiger partial charge on any atom is -0.374 e. The van der Waals surface area contributed by atoms with Gasteiger partial charge in [0.15, 0.2) is 0 Å². The molecule has 2 aromatic rings. The van der Waals surface area contributed by atoms with Crippen molar-refractivity contribution in [2.75, 3.05) is 13.2 Å². The number of nitrogens with zero attached hydrogens (tertiary/aromatic N) is 2. The van der Waals surface area contributed by atoms with Crippen molar-refractivity contribution in [2.45, 2.75) is 19.4 Å². The van der Waals surface area contributed by atoms with Crippen molar-refractivity contribution in [3.8, 4) is 0 Å². The van der Waals surface area contributed by atoms with E-state index in [9.17, 15) is 9.59 Å². The van der Waals surface area contributed by atoms with Crippen molar-refractivity contribution in [2.24, 2.45) is 7.05 Å². The predicted molar refractivity (Wildman–Crippen MR) is 87.2 cm³/mol. The minimum atomic E-state index is -0.295. The maximum Gasteiger partial charge on any atom is 0.271 e. The van der Waals surface area contributed by atoms with Gasteiger partial charge in [-0.05, 0) is 25.0 Å². The summed E-state index contributed by atoms with van der Waals surface area (Å²) in [5, 5.41) is 6.66. The second-order valence-electron chi connectivity index (χ2n) is 5.21. The van der Waals surface area contributed by atoms with Gasteiger partial charge in [0.05, 0.1) is 6.10 Å². The first kappa shape index (κ1) is 16.9. The zero-order valence-electron chi connectivity index (χ0n) is 13.4. The van der Waals surface area contributed by atoms with Gasteiger partial charge in [0.1, 0.15) is 5.69 Å². The average Bonchev–Trinajstić information content (AvgIpc) is 2.57. The summed E-state index contributed by atoms with van der Waals surface area (Å²) in [5.74, 6) is -0.295. The molecule has 1 heterocycles. The number of aryl methyl sites for hydroxylation is 1. The van der Waals surface area contributed by atoms with Crippen molar-refractivity contribution in [1.29, 1.82) is 0 Å². The fourth-order valence-electron chi connectivity index (χ4n) is 2.07. The van der Waals surface area contributed by atoms with Crippen LogP contribution in [0, 0.1) is 0 Å². The highest BCUT2D eigenvalue weighted by molar-refractivity contribution is 5.91. The van der Waals surface area contributed by atoms with Crippen LogP contribution in [0.3, 0.4) is 0 Å². The molecule has 2 rings (SSSR count). The fraction of sp³-hybridized carbons (Fsp3) is 0.353. The van der Waals surface area contributed by atoms with Gasteiger partial charge in [-0.1, -0.05) is 30.3 Å². The van der Waals surface area contributed by atoms with Gasteiger partial charge in [0, 0.05) is 26.3 Å². The standard InChI is InChI=1S/C17H21N3O3/c1-13(14-7-4-3-5-8-14)23-12-6-11-18-17(22)15-9-10-16(21)20(2)19-15/h3-5,7-10,13H,6,11-12H2,1-2H3,(H,18,22). The van der Waals surface area contributed by atoms with Crippen LogP contribution in [0.5, 0.6) is 0 Å². The molecular weight excluding hydrogens is 294 g/mol. The number of carbonyl (C=O) groups is 1. The maximum atomic E-state index is 11.9. The number of carbonyl (C=O) groups excluding carboxylic acids is 1. The molecule has 1 N–H and O–H groups in total. The Bertz CT molecular complexity index is 698. The van der Waals surface area contributed by atoms with Crippen LogP contribution in [-0.4, -0.2) is 28.8 Å². The molecule has 1 atom stereocenters. The van der Waals surface area contributed by atoms with E-state index in [2.05, 4.69) is 10.4 Å². The van der Waals surface area contributed by atoms with Crippen LogP contribution in [-0.2, 0) is 11.8 Å². The summed E-state index contributed by atoms with van der Waals surface area (Å²) in [5.41, 5.74) is 1.11. The molecule has 23 heavy (non-hydrogen) atoms. The van der Waals surface area contributed by atoms with E-state index in [-0.39, 0.29) is 23.3 Å². The Morgan fingerprint density at radius 1 is 1.26 bits per heavy atom. The summed E-state index contributed by atoms with van der Waals surface area (Å²) < 4.78 is 6.88. The summed E-state index contributed by atoms with van der Waals surface area (Å²) in [4.78, 5) is 23.1. The Kier molecular flexibility index (Phi) is 6.05. The van der Waals surface area contributed by atoms with Gasteiger partial charge >= 0.3 is 0 Å². The van der Waals surface area contributed by atoms with Crippen molar-refractivity contribution in [3.05, 3.63) is 64.1 Å². The third-order valence-electron chi connectivity index (χ3n) is 3.44. The van der Waals surface area contributed by atoms with Crippen LogP contribution in [0.1, 0.15) is 35.5 Å². The Morgan fingerprint density at radius 3 is 2.70 bits per heavy atom. The van der Waals surface area contributed by atoms with E-state index >= 15 is 0 Å². The summed E-state index contributed by atoms with van der Waals surface area (Å²) in [6.07, 6.45) is 0.728. The van der Waals surface area contributed by atoms with E-state index in [0.29, 0.717) is 19.6 Å². The molecule has 1 amide bonds. The number of aromatic nitrogens is 2. The second-order valence-corrected chi connectivity index (χ2v) is 5.21. The van der Waals surface area contributed by atoms with E-state index in [0.717, 1.165) is 10.2 Å². The van der Waals surface area contributed by atoms with Crippen molar-refractivity contribution < 1.29 is 9.53 Å². The summed E-state index contributed by atoms with van der Waals surface area (Å²) in [6, 6.07) is 12.7. The molecular formula is C17H21N3O3. The Labute approximate surface area is 135 Å². The average molecular weight is 315 g/mol. The monoisotopic (exact) mass is 315 g/mol. The van der Waals surface area contributed by atoms with Gasteiger partial charge in [-0.2, -0.15) is 5.10 Å². The lowest BCUT2D eigenvalue weighted by Crippen LogP contribution is -2.29. The van der Waals surface area contributed by atoms with Gasteiger partial charge < -0.3 is 10.1 Å². The Hall–Kier alpha value is -2.47. The molecule has 0 aliphatic heterocycles. The van der Waals surface area contributed by atoms with Gasteiger partial charge in [-0.3, -0.25) is 9.59 Å². The molecule has 0 saturated heterocycles. The third kappa shape index (κ3) is 5.03. The minimum absolute atomic E-state index is 0.0252. The maximum absolute atomic E-state index is 11.9. The molecule has 0 bridgehead atoms. The summed E-state index contributed by atoms with van der Waals surface area (Å²) in [7, 11) is 1.51. The second kappa shape index (κ2) is 8.24. The third-order valence-corrected chi connectivity index (χ3v) is 3.44. The fourth-order valence-corrected chi connectivity index (χ4v) is 2.07. The molecule has 6 heteroatoms. The van der Waals surface area contributed by atoms with E-state index in [1.54, 1.807) is 0 Å². The van der Waals surface area contributed by atoms with Crippen molar-refractivity contribution >= 4 is 5.91 Å². The quantitative estimate of drug-likeness (QED) is 0.789. The van der Waals surface area contributed by atoms with Crippen molar-refractivity contribution in [3.63, 3.8) is 0 Å². The normalized spacial score (nSPS) is 11.9. The first-order valence-electron chi connectivity index (χ1n) is 7.57. The molecule has 6 nitrogen and oxygen atoms in total. The number of ether oxygens (including phenoxy) is 1. The van der Waals surface area contributed by atoms with Crippen LogP contribution >= 0.6 is 0 Å². The Balaban J connectivity index is 1.70. The molecule has 0 radical (unpaired) electrons. The Morgan fingerprint density at radius 2 is 2.00 bits per heavy atom. The topological polar surface area (TPSA) is 73.2 Å². The lowest BCUT2D eigenvalue weighted by Gasteiger charge is -2.13. The smallest absolute Gasteiger partial charge is 0.271 e. The number of rotatable bonds is 7. The van der Waals surface area contributed by atoms with Gasteiger partial charge in [-0.15, -0.1) is 0 Å². The lowest BCUT2D eigenvalue weighted by atomic mass is 10.1. The molecule has 0 spiro atoms. The van der Waals surface area contributed by atoms with Gasteiger partial charge in [0.2, 0.25) is 0 Å². The number of benzene rings is 1. The highest BCUT2D eigenvalue weighted by Gasteiger charge is 2.08. The predicted octanol–water partition coefficient (Wildman–Crippen LogP) is 1.68. The number of hydrogen-bond acceptors (Lipinski definition) is 4. The van der Waals surface area contributed by atoms with E-state index < -0.39 is 0 Å². The molecule has 0 aliphatic rings. The first-order valence-corrected chi connectivity index (χ1v) is 7.57. The summed E-state index contributed by atoms with van der Waals surface area (Å²) in [6.45, 7) is 3.05. The molecule has 0 saturated carbocycles. The molecule has 1 aromatic carbocycles. The molecule has 0 aliphatic carbocycles. The number of amides is 1. The number of hydrogen-bond donors (Lipinski definition) is 1. The highest BCUT2D eigenvalue weighted by Crippen LogP contribution is 2.15. The molecule has 0 fully saturated rings. The van der Waals surface area contributed by atoms with E-state index in [1.807, 2.05) is 37.3 Å². The molecule has 1 unspecified atom stereocenters. The van der Waals surface area contributed by atoms with Crippen LogP contribution in [0.2, 0.25) is 0 Å².